The molecule has 42 heavy (non-hydrogen) atoms. The number of halogens is 1. The van der Waals surface area contributed by atoms with Gasteiger partial charge in [0.05, 0.1) is 50.5 Å². The Morgan fingerprint density at radius 2 is 1.62 bits per heavy atom. The van der Waals surface area contributed by atoms with E-state index in [-0.39, 0.29) is 36.0 Å². The number of rotatable bonds is 6. The minimum absolute atomic E-state index is 0.0758. The lowest BCUT2D eigenvalue weighted by molar-refractivity contribution is -0.141. The standard InChI is InChI=1S/C30H27ClN2O8S/c1-36-22-8-14(9-23(37-2)27(22)38-3)24-16-10-20-21(41-13-40-20)11-17(16)26(18-12-39-29(35)25(18)24)32-30(42)33-28(34)15-6-4-5-7-19(15)31/h4-11,18,24-26H,12-13H2,1-3H3,(H2,32,33,34,42)/t18-,24+,25-,26+/m0/s1. The summed E-state index contributed by atoms with van der Waals surface area (Å²) in [7, 11) is 4.61. The van der Waals surface area contributed by atoms with Crippen molar-refractivity contribution in [1.82, 2.24) is 10.6 Å². The molecule has 2 heterocycles. The summed E-state index contributed by atoms with van der Waals surface area (Å²) >= 11 is 11.8. The molecule has 1 aliphatic carbocycles. The first-order valence-corrected chi connectivity index (χ1v) is 13.9. The van der Waals surface area contributed by atoms with E-state index < -0.39 is 23.8 Å². The molecule has 1 saturated heterocycles. The van der Waals surface area contributed by atoms with Gasteiger partial charge in [-0.05, 0) is 65.3 Å². The molecule has 6 rings (SSSR count). The van der Waals surface area contributed by atoms with Crippen molar-refractivity contribution in [2.75, 3.05) is 34.7 Å². The summed E-state index contributed by atoms with van der Waals surface area (Å²) < 4.78 is 33.8. The Morgan fingerprint density at radius 3 is 2.26 bits per heavy atom. The molecule has 218 valence electrons. The predicted octanol–water partition coefficient (Wildman–Crippen LogP) is 4.37. The predicted molar refractivity (Wildman–Crippen MR) is 156 cm³/mol. The van der Waals surface area contributed by atoms with Crippen molar-refractivity contribution in [2.24, 2.45) is 11.8 Å². The van der Waals surface area contributed by atoms with Gasteiger partial charge in [-0.3, -0.25) is 14.9 Å². The number of methoxy groups -OCH3 is 3. The van der Waals surface area contributed by atoms with Crippen LogP contribution in [0.25, 0.3) is 0 Å². The van der Waals surface area contributed by atoms with E-state index in [2.05, 4.69) is 10.6 Å². The maximum Gasteiger partial charge on any atom is 0.310 e. The van der Waals surface area contributed by atoms with Gasteiger partial charge in [0.25, 0.3) is 5.91 Å². The van der Waals surface area contributed by atoms with Crippen LogP contribution in [0.3, 0.4) is 0 Å². The second-order valence-corrected chi connectivity index (χ2v) is 10.8. The van der Waals surface area contributed by atoms with E-state index in [0.717, 1.165) is 16.7 Å². The van der Waals surface area contributed by atoms with Crippen molar-refractivity contribution < 1.29 is 38.0 Å². The Bertz CT molecular complexity index is 1570. The smallest absolute Gasteiger partial charge is 0.310 e. The Morgan fingerprint density at radius 1 is 0.952 bits per heavy atom. The summed E-state index contributed by atoms with van der Waals surface area (Å²) in [6.45, 7) is 0.226. The van der Waals surface area contributed by atoms with E-state index >= 15 is 0 Å². The molecule has 1 amide bonds. The van der Waals surface area contributed by atoms with E-state index in [0.29, 0.717) is 33.8 Å². The first-order valence-electron chi connectivity index (χ1n) is 13.1. The van der Waals surface area contributed by atoms with E-state index in [1.165, 1.54) is 7.11 Å². The van der Waals surface area contributed by atoms with E-state index in [1.807, 2.05) is 24.3 Å². The molecule has 0 saturated carbocycles. The molecule has 3 aromatic rings. The lowest BCUT2D eigenvalue weighted by atomic mass is 9.65. The van der Waals surface area contributed by atoms with Crippen LogP contribution in [0.15, 0.2) is 48.5 Å². The minimum Gasteiger partial charge on any atom is -0.493 e. The highest BCUT2D eigenvalue weighted by molar-refractivity contribution is 7.80. The maximum absolute atomic E-state index is 13.4. The topological polar surface area (TPSA) is 114 Å². The Labute approximate surface area is 252 Å². The normalized spacial score (nSPS) is 21.5. The minimum atomic E-state index is -0.597. The molecule has 0 spiro atoms. The van der Waals surface area contributed by atoms with Crippen molar-refractivity contribution in [1.29, 1.82) is 0 Å². The molecule has 3 aliphatic rings. The zero-order valence-electron chi connectivity index (χ0n) is 22.9. The number of carbonyl (C=O) groups is 2. The fourth-order valence-corrected chi connectivity index (χ4v) is 6.46. The van der Waals surface area contributed by atoms with Gasteiger partial charge in [-0.15, -0.1) is 0 Å². The average Bonchev–Trinajstić information content (AvgIpc) is 3.61. The van der Waals surface area contributed by atoms with Crippen LogP contribution in [0.2, 0.25) is 5.02 Å². The second kappa shape index (κ2) is 11.2. The Kier molecular flexibility index (Phi) is 7.46. The first-order chi connectivity index (χ1) is 20.3. The number of fused-ring (bicyclic) bond motifs is 3. The van der Waals surface area contributed by atoms with Crippen LogP contribution in [0.5, 0.6) is 28.7 Å². The summed E-state index contributed by atoms with van der Waals surface area (Å²) in [5.41, 5.74) is 2.69. The highest BCUT2D eigenvalue weighted by Crippen LogP contribution is 2.55. The van der Waals surface area contributed by atoms with Crippen LogP contribution in [0, 0.1) is 11.8 Å². The fraction of sp³-hybridized carbons (Fsp3) is 0.300. The Balaban J connectivity index is 1.43. The van der Waals surface area contributed by atoms with Crippen molar-refractivity contribution in [3.8, 4) is 28.7 Å². The molecular weight excluding hydrogens is 584 g/mol. The average molecular weight is 611 g/mol. The van der Waals surface area contributed by atoms with Gasteiger partial charge in [0.15, 0.2) is 28.1 Å². The monoisotopic (exact) mass is 610 g/mol. The third kappa shape index (κ3) is 4.72. The summed E-state index contributed by atoms with van der Waals surface area (Å²) in [5, 5.41) is 6.37. The number of amides is 1. The van der Waals surface area contributed by atoms with Crippen molar-refractivity contribution in [2.45, 2.75) is 12.0 Å². The number of carbonyl (C=O) groups excluding carboxylic acids is 2. The van der Waals surface area contributed by atoms with Crippen LogP contribution < -0.4 is 34.3 Å². The molecule has 4 atom stereocenters. The number of thiocarbonyl (C=S) groups is 1. The molecule has 0 bridgehead atoms. The van der Waals surface area contributed by atoms with E-state index in [1.54, 1.807) is 38.5 Å². The maximum atomic E-state index is 13.4. The lowest BCUT2D eigenvalue weighted by Crippen LogP contribution is -2.47. The molecule has 3 aromatic carbocycles. The number of hydrogen-bond donors (Lipinski definition) is 2. The largest absolute Gasteiger partial charge is 0.493 e. The number of ether oxygens (including phenoxy) is 6. The lowest BCUT2D eigenvalue weighted by Gasteiger charge is -2.40. The number of hydrogen-bond acceptors (Lipinski definition) is 9. The van der Waals surface area contributed by atoms with Gasteiger partial charge in [0.2, 0.25) is 12.5 Å². The highest BCUT2D eigenvalue weighted by atomic mass is 35.5. The molecule has 10 nitrogen and oxygen atoms in total. The molecule has 0 radical (unpaired) electrons. The van der Waals surface area contributed by atoms with Gasteiger partial charge < -0.3 is 33.7 Å². The summed E-state index contributed by atoms with van der Waals surface area (Å²) in [6, 6.07) is 13.6. The SMILES string of the molecule is COc1cc([C@@H]2c3cc4c(cc3[C@@H](NC(=S)NC(=O)c3ccccc3Cl)[C@H]3COC(=O)[C@H]23)OCO4)cc(OC)c1OC. The van der Waals surface area contributed by atoms with Gasteiger partial charge in [0, 0.05) is 11.8 Å². The summed E-state index contributed by atoms with van der Waals surface area (Å²) in [5.74, 6) is 0.294. The molecule has 12 heteroatoms. The van der Waals surface area contributed by atoms with Gasteiger partial charge in [-0.2, -0.15) is 0 Å². The third-order valence-electron chi connectivity index (χ3n) is 7.87. The third-order valence-corrected chi connectivity index (χ3v) is 8.41. The van der Waals surface area contributed by atoms with Crippen molar-refractivity contribution in [3.63, 3.8) is 0 Å². The molecular formula is C30H27ClN2O8S. The van der Waals surface area contributed by atoms with Crippen molar-refractivity contribution >= 4 is 40.8 Å². The molecule has 2 N–H and O–H groups in total. The highest BCUT2D eigenvalue weighted by Gasteiger charge is 2.53. The number of cyclic esters (lactones) is 1. The van der Waals surface area contributed by atoms with Crippen LogP contribution >= 0.6 is 23.8 Å². The molecule has 1 fully saturated rings. The quantitative estimate of drug-likeness (QED) is 0.308. The molecule has 0 unspecified atom stereocenters. The van der Waals surface area contributed by atoms with Crippen LogP contribution in [-0.4, -0.2) is 51.7 Å². The molecule has 0 aromatic heterocycles. The number of nitrogens with one attached hydrogen (secondary N) is 2. The van der Waals surface area contributed by atoms with E-state index in [4.69, 9.17) is 52.2 Å². The molecule has 2 aliphatic heterocycles. The van der Waals surface area contributed by atoms with Crippen LogP contribution in [0.1, 0.15) is 39.0 Å². The first kappa shape index (κ1) is 27.9. The second-order valence-electron chi connectivity index (χ2n) is 9.98. The zero-order chi connectivity index (χ0) is 29.5. The van der Waals surface area contributed by atoms with E-state index in [9.17, 15) is 9.59 Å². The van der Waals surface area contributed by atoms with Crippen LogP contribution in [-0.2, 0) is 9.53 Å². The van der Waals surface area contributed by atoms with Gasteiger partial charge in [0.1, 0.15) is 0 Å². The van der Waals surface area contributed by atoms with Crippen LogP contribution in [0.4, 0.5) is 0 Å². The Hall–Kier alpha value is -4.22. The van der Waals surface area contributed by atoms with Gasteiger partial charge in [-0.1, -0.05) is 23.7 Å². The zero-order valence-corrected chi connectivity index (χ0v) is 24.5. The van der Waals surface area contributed by atoms with Gasteiger partial charge in [-0.25, -0.2) is 0 Å². The number of esters is 1. The van der Waals surface area contributed by atoms with Crippen molar-refractivity contribution in [3.05, 3.63) is 75.8 Å². The summed E-state index contributed by atoms with van der Waals surface area (Å²) in [4.78, 5) is 26.3. The van der Waals surface area contributed by atoms with Gasteiger partial charge >= 0.3 is 5.97 Å². The fourth-order valence-electron chi connectivity index (χ4n) is 6.02. The summed E-state index contributed by atoms with van der Waals surface area (Å²) in [6.07, 6.45) is 0. The number of benzene rings is 3.